The number of hydrogen-bond acceptors (Lipinski definition) is 4. The van der Waals surface area contributed by atoms with Gasteiger partial charge in [0.1, 0.15) is 11.4 Å². The topological polar surface area (TPSA) is 75.9 Å². The van der Waals surface area contributed by atoms with Crippen LogP contribution in [0.2, 0.25) is 0 Å². The molecular formula is C19H16N4O3. The SMILES string of the molecule is CN1C(=O)COc2cc(NC(=O)/C=C/c3cnc4ccccn34)ccc21. The van der Waals surface area contributed by atoms with Crippen molar-refractivity contribution in [1.29, 1.82) is 0 Å². The van der Waals surface area contributed by atoms with Gasteiger partial charge in [-0.05, 0) is 30.3 Å². The highest BCUT2D eigenvalue weighted by atomic mass is 16.5. The molecule has 0 saturated heterocycles. The summed E-state index contributed by atoms with van der Waals surface area (Å²) in [6, 6.07) is 10.9. The summed E-state index contributed by atoms with van der Waals surface area (Å²) in [5.74, 6) is 0.192. The molecule has 0 aliphatic carbocycles. The average molecular weight is 348 g/mol. The van der Waals surface area contributed by atoms with Crippen LogP contribution < -0.4 is 15.0 Å². The van der Waals surface area contributed by atoms with E-state index in [1.807, 2.05) is 28.8 Å². The second-order valence-electron chi connectivity index (χ2n) is 5.86. The number of ether oxygens (including phenoxy) is 1. The number of aromatic nitrogens is 2. The van der Waals surface area contributed by atoms with E-state index >= 15 is 0 Å². The minimum absolute atomic E-state index is 0.00487. The second-order valence-corrected chi connectivity index (χ2v) is 5.86. The number of pyridine rings is 1. The van der Waals surface area contributed by atoms with E-state index in [1.54, 1.807) is 37.5 Å². The van der Waals surface area contributed by atoms with Gasteiger partial charge in [-0.15, -0.1) is 0 Å². The Morgan fingerprint density at radius 2 is 2.19 bits per heavy atom. The van der Waals surface area contributed by atoms with E-state index in [2.05, 4.69) is 10.3 Å². The van der Waals surface area contributed by atoms with Gasteiger partial charge in [0.05, 0.1) is 17.6 Å². The van der Waals surface area contributed by atoms with Crippen LogP contribution in [-0.2, 0) is 9.59 Å². The van der Waals surface area contributed by atoms with Crippen LogP contribution in [0, 0.1) is 0 Å². The maximum atomic E-state index is 12.2. The standard InChI is InChI=1S/C19H16N4O3/c1-22-15-7-5-13(10-16(15)26-12-19(22)25)21-18(24)8-6-14-11-20-17-4-2-3-9-23(14)17/h2-11H,12H2,1H3,(H,21,24)/b8-6+. The highest BCUT2D eigenvalue weighted by Crippen LogP contribution is 2.33. The Labute approximate surface area is 149 Å². The first-order chi connectivity index (χ1) is 12.6. The molecule has 0 saturated carbocycles. The molecule has 4 rings (SSSR count). The predicted molar refractivity (Wildman–Crippen MR) is 98.2 cm³/mol. The van der Waals surface area contributed by atoms with Crippen molar-refractivity contribution in [3.8, 4) is 5.75 Å². The van der Waals surface area contributed by atoms with Gasteiger partial charge in [-0.2, -0.15) is 0 Å². The van der Waals surface area contributed by atoms with Gasteiger partial charge in [0.2, 0.25) is 5.91 Å². The smallest absolute Gasteiger partial charge is 0.264 e. The van der Waals surface area contributed by atoms with Crippen molar-refractivity contribution in [3.05, 3.63) is 60.6 Å². The monoisotopic (exact) mass is 348 g/mol. The van der Waals surface area contributed by atoms with Gasteiger partial charge in [-0.25, -0.2) is 4.98 Å². The van der Waals surface area contributed by atoms with Crippen LogP contribution in [0.4, 0.5) is 11.4 Å². The number of carbonyl (C=O) groups excluding carboxylic acids is 2. The summed E-state index contributed by atoms with van der Waals surface area (Å²) in [5, 5.41) is 2.79. The molecule has 3 aromatic rings. The van der Waals surface area contributed by atoms with Gasteiger partial charge in [0.15, 0.2) is 6.61 Å². The van der Waals surface area contributed by atoms with E-state index in [1.165, 1.54) is 11.0 Å². The Balaban J connectivity index is 1.49. The van der Waals surface area contributed by atoms with E-state index in [0.29, 0.717) is 17.1 Å². The first kappa shape index (κ1) is 15.9. The lowest BCUT2D eigenvalue weighted by atomic mass is 10.2. The Bertz CT molecular complexity index is 1040. The summed E-state index contributed by atoms with van der Waals surface area (Å²) in [5.41, 5.74) is 2.91. The molecule has 7 nitrogen and oxygen atoms in total. The molecular weight excluding hydrogens is 332 g/mol. The molecule has 1 N–H and O–H groups in total. The van der Waals surface area contributed by atoms with E-state index in [0.717, 1.165) is 11.3 Å². The molecule has 1 aliphatic rings. The number of imidazole rings is 1. The number of hydrogen-bond donors (Lipinski definition) is 1. The van der Waals surface area contributed by atoms with Crippen molar-refractivity contribution >= 4 is 34.9 Å². The number of anilines is 2. The average Bonchev–Trinajstić information content (AvgIpc) is 3.06. The zero-order chi connectivity index (χ0) is 18.1. The Morgan fingerprint density at radius 1 is 1.31 bits per heavy atom. The van der Waals surface area contributed by atoms with Crippen molar-refractivity contribution in [2.24, 2.45) is 0 Å². The fraction of sp³-hybridized carbons (Fsp3) is 0.105. The molecule has 1 aromatic carbocycles. The largest absolute Gasteiger partial charge is 0.481 e. The molecule has 7 heteroatoms. The lowest BCUT2D eigenvalue weighted by Crippen LogP contribution is -2.35. The van der Waals surface area contributed by atoms with Gasteiger partial charge in [0.25, 0.3) is 5.91 Å². The molecule has 130 valence electrons. The second kappa shape index (κ2) is 6.36. The fourth-order valence-electron chi connectivity index (χ4n) is 2.78. The van der Waals surface area contributed by atoms with E-state index in [-0.39, 0.29) is 18.4 Å². The zero-order valence-corrected chi connectivity index (χ0v) is 14.0. The lowest BCUT2D eigenvalue weighted by molar-refractivity contribution is -0.121. The first-order valence-corrected chi connectivity index (χ1v) is 8.06. The number of rotatable bonds is 3. The van der Waals surface area contributed by atoms with Gasteiger partial charge in [0, 0.05) is 31.1 Å². The summed E-state index contributed by atoms with van der Waals surface area (Å²) in [4.78, 5) is 29.6. The molecule has 1 aliphatic heterocycles. The summed E-state index contributed by atoms with van der Waals surface area (Å²) in [6.45, 7) is -0.00487. The third-order valence-corrected chi connectivity index (χ3v) is 4.17. The molecule has 0 bridgehead atoms. The Morgan fingerprint density at radius 3 is 3.08 bits per heavy atom. The number of nitrogens with zero attached hydrogens (tertiary/aromatic N) is 3. The van der Waals surface area contributed by atoms with E-state index in [4.69, 9.17) is 4.74 Å². The van der Waals surface area contributed by atoms with E-state index in [9.17, 15) is 9.59 Å². The van der Waals surface area contributed by atoms with Gasteiger partial charge >= 0.3 is 0 Å². The number of carbonyl (C=O) groups is 2. The summed E-state index contributed by atoms with van der Waals surface area (Å²) < 4.78 is 7.32. The molecule has 2 amide bonds. The molecule has 0 radical (unpaired) electrons. The number of likely N-dealkylation sites (N-methyl/N-ethyl adjacent to an activating group) is 1. The lowest BCUT2D eigenvalue weighted by Gasteiger charge is -2.26. The molecule has 3 heterocycles. The number of benzene rings is 1. The van der Waals surface area contributed by atoms with Crippen molar-refractivity contribution in [1.82, 2.24) is 9.38 Å². The number of nitrogens with one attached hydrogen (secondary N) is 1. The quantitative estimate of drug-likeness (QED) is 0.737. The molecule has 0 unspecified atom stereocenters. The predicted octanol–water partition coefficient (Wildman–Crippen LogP) is 2.34. The van der Waals surface area contributed by atoms with Crippen molar-refractivity contribution < 1.29 is 14.3 Å². The molecule has 2 aromatic heterocycles. The fourth-order valence-corrected chi connectivity index (χ4v) is 2.78. The van der Waals surface area contributed by atoms with Crippen LogP contribution in [0.25, 0.3) is 11.7 Å². The summed E-state index contributed by atoms with van der Waals surface area (Å²) >= 11 is 0. The molecule has 0 fully saturated rings. The van der Waals surface area contributed by atoms with E-state index < -0.39 is 0 Å². The Hall–Kier alpha value is -3.61. The molecule has 0 spiro atoms. The third kappa shape index (κ3) is 2.90. The summed E-state index contributed by atoms with van der Waals surface area (Å²) in [6.07, 6.45) is 6.75. The third-order valence-electron chi connectivity index (χ3n) is 4.17. The maximum Gasteiger partial charge on any atom is 0.264 e. The van der Waals surface area contributed by atoms with Crippen LogP contribution in [-0.4, -0.2) is 34.9 Å². The van der Waals surface area contributed by atoms with Crippen LogP contribution >= 0.6 is 0 Å². The molecule has 0 atom stereocenters. The van der Waals surface area contributed by atoms with Crippen LogP contribution in [0.5, 0.6) is 5.75 Å². The number of amides is 2. The van der Waals surface area contributed by atoms with Crippen molar-refractivity contribution in [3.63, 3.8) is 0 Å². The minimum Gasteiger partial charge on any atom is -0.481 e. The van der Waals surface area contributed by atoms with Gasteiger partial charge < -0.3 is 19.4 Å². The number of fused-ring (bicyclic) bond motifs is 2. The maximum absolute atomic E-state index is 12.2. The summed E-state index contributed by atoms with van der Waals surface area (Å²) in [7, 11) is 1.70. The van der Waals surface area contributed by atoms with Crippen molar-refractivity contribution in [2.75, 3.05) is 23.9 Å². The van der Waals surface area contributed by atoms with Crippen LogP contribution in [0.15, 0.2) is 54.9 Å². The van der Waals surface area contributed by atoms with Crippen LogP contribution in [0.3, 0.4) is 0 Å². The first-order valence-electron chi connectivity index (χ1n) is 8.06. The normalized spacial score (nSPS) is 13.7. The Kier molecular flexibility index (Phi) is 3.89. The van der Waals surface area contributed by atoms with Gasteiger partial charge in [-0.1, -0.05) is 6.07 Å². The minimum atomic E-state index is -0.268. The zero-order valence-electron chi connectivity index (χ0n) is 14.0. The van der Waals surface area contributed by atoms with Crippen molar-refractivity contribution in [2.45, 2.75) is 0 Å². The van der Waals surface area contributed by atoms with Crippen LogP contribution in [0.1, 0.15) is 5.69 Å². The highest BCUT2D eigenvalue weighted by Gasteiger charge is 2.22. The highest BCUT2D eigenvalue weighted by molar-refractivity contribution is 6.03. The molecule has 26 heavy (non-hydrogen) atoms. The van der Waals surface area contributed by atoms with Gasteiger partial charge in [-0.3, -0.25) is 9.59 Å².